The van der Waals surface area contributed by atoms with Crippen molar-refractivity contribution in [2.75, 3.05) is 0 Å². The fraction of sp³-hybridized carbons (Fsp3) is 0.167. The number of benzene rings is 2. The Bertz CT molecular complexity index is 1150. The van der Waals surface area contributed by atoms with Crippen molar-refractivity contribution in [2.45, 2.75) is 19.4 Å². The molecule has 0 aliphatic rings. The zero-order chi connectivity index (χ0) is 20.6. The van der Waals surface area contributed by atoms with E-state index in [1.807, 2.05) is 0 Å². The molecule has 10 heteroatoms. The quantitative estimate of drug-likeness (QED) is 0.658. The van der Waals surface area contributed by atoms with E-state index in [2.05, 4.69) is 4.99 Å². The van der Waals surface area contributed by atoms with Crippen LogP contribution in [0.3, 0.4) is 0 Å². The SMILES string of the molecule is CCC(C(=O)O)n1c(=NC(=O)c2cc(F)cc(F)c2)sc2c(F)c(F)ccc21. The van der Waals surface area contributed by atoms with Gasteiger partial charge in [0, 0.05) is 11.6 Å². The number of hydrogen-bond acceptors (Lipinski definition) is 3. The summed E-state index contributed by atoms with van der Waals surface area (Å²) in [5, 5.41) is 9.47. The van der Waals surface area contributed by atoms with Crippen LogP contribution >= 0.6 is 11.3 Å². The molecule has 1 atom stereocenters. The third-order valence-corrected chi connectivity index (χ3v) is 5.04. The van der Waals surface area contributed by atoms with Crippen LogP contribution in [-0.2, 0) is 4.79 Å². The first-order valence-corrected chi connectivity index (χ1v) is 8.81. The third kappa shape index (κ3) is 3.55. The zero-order valence-corrected chi connectivity index (χ0v) is 15.1. The number of amides is 1. The van der Waals surface area contributed by atoms with Gasteiger partial charge in [-0.3, -0.25) is 4.79 Å². The molecule has 0 saturated heterocycles. The second kappa shape index (κ2) is 7.55. The van der Waals surface area contributed by atoms with Gasteiger partial charge in [-0.1, -0.05) is 18.3 Å². The van der Waals surface area contributed by atoms with Gasteiger partial charge >= 0.3 is 5.97 Å². The molecule has 0 spiro atoms. The minimum absolute atomic E-state index is 0.0372. The number of aromatic nitrogens is 1. The molecule has 28 heavy (non-hydrogen) atoms. The molecule has 3 aromatic rings. The second-order valence-electron chi connectivity index (χ2n) is 5.80. The van der Waals surface area contributed by atoms with E-state index in [9.17, 15) is 32.3 Å². The van der Waals surface area contributed by atoms with Crippen molar-refractivity contribution >= 4 is 33.4 Å². The zero-order valence-electron chi connectivity index (χ0n) is 14.2. The van der Waals surface area contributed by atoms with Gasteiger partial charge in [0.1, 0.15) is 17.7 Å². The number of halogens is 4. The highest BCUT2D eigenvalue weighted by atomic mass is 32.1. The Balaban J connectivity index is 2.29. The lowest BCUT2D eigenvalue weighted by molar-refractivity contribution is -0.140. The monoisotopic (exact) mass is 412 g/mol. The van der Waals surface area contributed by atoms with Crippen molar-refractivity contribution in [3.05, 3.63) is 64.0 Å². The Kier molecular flexibility index (Phi) is 5.32. The minimum Gasteiger partial charge on any atom is -0.480 e. The van der Waals surface area contributed by atoms with E-state index in [1.165, 1.54) is 6.07 Å². The summed E-state index contributed by atoms with van der Waals surface area (Å²) in [6, 6.07) is 2.91. The van der Waals surface area contributed by atoms with Crippen LogP contribution < -0.4 is 4.80 Å². The lowest BCUT2D eigenvalue weighted by Crippen LogP contribution is -2.27. The smallest absolute Gasteiger partial charge is 0.326 e. The highest BCUT2D eigenvalue weighted by Crippen LogP contribution is 2.27. The number of aliphatic carboxylic acids is 1. The lowest BCUT2D eigenvalue weighted by atomic mass is 10.2. The number of carboxylic acids is 1. The average Bonchev–Trinajstić information content (AvgIpc) is 2.96. The van der Waals surface area contributed by atoms with Gasteiger partial charge in [-0.15, -0.1) is 0 Å². The second-order valence-corrected chi connectivity index (χ2v) is 6.78. The van der Waals surface area contributed by atoms with E-state index in [-0.39, 0.29) is 21.4 Å². The molecule has 3 rings (SSSR count). The molecular weight excluding hydrogens is 400 g/mol. The number of carbonyl (C=O) groups excluding carboxylic acids is 1. The van der Waals surface area contributed by atoms with Crippen LogP contribution in [0, 0.1) is 23.3 Å². The van der Waals surface area contributed by atoms with Gasteiger partial charge in [0.2, 0.25) is 0 Å². The number of thiazole rings is 1. The number of carboxylic acid groups (broad SMARTS) is 1. The molecule has 0 bridgehead atoms. The molecule has 1 heterocycles. The number of rotatable bonds is 4. The standard InChI is InChI=1S/C18H12F4N2O3S/c1-2-12(17(26)27)24-13-4-3-11(21)14(22)15(13)28-18(24)23-16(25)8-5-9(19)7-10(20)6-8/h3-7,12H,2H2,1H3,(H,26,27). The third-order valence-electron chi connectivity index (χ3n) is 3.98. The topological polar surface area (TPSA) is 71.7 Å². The van der Waals surface area contributed by atoms with Gasteiger partial charge in [-0.2, -0.15) is 4.99 Å². The predicted molar refractivity (Wildman–Crippen MR) is 92.9 cm³/mol. The van der Waals surface area contributed by atoms with E-state index in [4.69, 9.17) is 0 Å². The largest absolute Gasteiger partial charge is 0.480 e. The first-order chi connectivity index (χ1) is 13.2. The molecule has 0 aliphatic carbocycles. The summed E-state index contributed by atoms with van der Waals surface area (Å²) in [6.07, 6.45) is 0.0656. The highest BCUT2D eigenvalue weighted by Gasteiger charge is 2.24. The summed E-state index contributed by atoms with van der Waals surface area (Å²) in [4.78, 5) is 27.5. The molecule has 146 valence electrons. The molecule has 1 N–H and O–H groups in total. The Labute approximate surface area is 159 Å². The van der Waals surface area contributed by atoms with Crippen molar-refractivity contribution in [3.63, 3.8) is 0 Å². The van der Waals surface area contributed by atoms with Gasteiger partial charge < -0.3 is 9.67 Å². The summed E-state index contributed by atoms with van der Waals surface area (Å²) in [5.74, 6) is -6.66. The van der Waals surface area contributed by atoms with Gasteiger partial charge in [0.05, 0.1) is 10.2 Å². The van der Waals surface area contributed by atoms with E-state index in [1.54, 1.807) is 6.92 Å². The fourth-order valence-electron chi connectivity index (χ4n) is 2.73. The summed E-state index contributed by atoms with van der Waals surface area (Å²) >= 11 is 0.567. The minimum atomic E-state index is -1.27. The molecule has 5 nitrogen and oxygen atoms in total. The van der Waals surface area contributed by atoms with Crippen molar-refractivity contribution in [2.24, 2.45) is 4.99 Å². The maximum Gasteiger partial charge on any atom is 0.326 e. The summed E-state index contributed by atoms with van der Waals surface area (Å²) in [6.45, 7) is 1.56. The number of fused-ring (bicyclic) bond motifs is 1. The Hall–Kier alpha value is -3.01. The van der Waals surface area contributed by atoms with Crippen LogP contribution in [0.2, 0.25) is 0 Å². The molecule has 0 radical (unpaired) electrons. The van der Waals surface area contributed by atoms with Gasteiger partial charge in [-0.25, -0.2) is 22.4 Å². The van der Waals surface area contributed by atoms with Crippen molar-refractivity contribution in [1.82, 2.24) is 4.57 Å². The maximum atomic E-state index is 14.2. The number of carbonyl (C=O) groups is 2. The summed E-state index contributed by atoms with van der Waals surface area (Å²) in [7, 11) is 0. The van der Waals surface area contributed by atoms with Crippen LogP contribution in [0.5, 0.6) is 0 Å². The Morgan fingerprint density at radius 2 is 1.79 bits per heavy atom. The first kappa shape index (κ1) is 19.7. The fourth-order valence-corrected chi connectivity index (χ4v) is 3.82. The average molecular weight is 412 g/mol. The first-order valence-electron chi connectivity index (χ1n) is 8.00. The van der Waals surface area contributed by atoms with Crippen LogP contribution in [0.1, 0.15) is 29.7 Å². The number of nitrogens with zero attached hydrogens (tertiary/aromatic N) is 2. The van der Waals surface area contributed by atoms with Crippen LogP contribution in [0.4, 0.5) is 17.6 Å². The number of hydrogen-bond donors (Lipinski definition) is 1. The molecule has 0 aliphatic heterocycles. The van der Waals surface area contributed by atoms with Gasteiger partial charge in [0.15, 0.2) is 16.4 Å². The van der Waals surface area contributed by atoms with Crippen molar-refractivity contribution in [1.29, 1.82) is 0 Å². The van der Waals surface area contributed by atoms with Crippen molar-refractivity contribution < 1.29 is 32.3 Å². The normalized spacial score (nSPS) is 13.1. The van der Waals surface area contributed by atoms with Crippen LogP contribution in [-0.4, -0.2) is 21.6 Å². The molecule has 0 saturated carbocycles. The summed E-state index contributed by atoms with van der Waals surface area (Å²) < 4.78 is 55.3. The van der Waals surface area contributed by atoms with E-state index in [0.29, 0.717) is 17.4 Å². The lowest BCUT2D eigenvalue weighted by Gasteiger charge is -2.13. The van der Waals surface area contributed by atoms with E-state index in [0.717, 1.165) is 22.8 Å². The van der Waals surface area contributed by atoms with Crippen LogP contribution in [0.25, 0.3) is 10.2 Å². The van der Waals surface area contributed by atoms with Gasteiger partial charge in [0.25, 0.3) is 5.91 Å². The maximum absolute atomic E-state index is 14.2. The predicted octanol–water partition coefficient (Wildman–Crippen LogP) is 4.04. The molecule has 1 amide bonds. The highest BCUT2D eigenvalue weighted by molar-refractivity contribution is 7.16. The molecule has 2 aromatic carbocycles. The molecule has 1 aromatic heterocycles. The van der Waals surface area contributed by atoms with E-state index >= 15 is 0 Å². The van der Waals surface area contributed by atoms with Gasteiger partial charge in [-0.05, 0) is 30.7 Å². The Morgan fingerprint density at radius 1 is 1.14 bits per heavy atom. The van der Waals surface area contributed by atoms with Crippen LogP contribution in [0.15, 0.2) is 35.3 Å². The molecule has 0 fully saturated rings. The van der Waals surface area contributed by atoms with Crippen molar-refractivity contribution in [3.8, 4) is 0 Å². The van der Waals surface area contributed by atoms with E-state index < -0.39 is 46.8 Å². The summed E-state index contributed by atoms with van der Waals surface area (Å²) in [5.41, 5.74) is -0.369. The Morgan fingerprint density at radius 3 is 2.36 bits per heavy atom. The molecule has 1 unspecified atom stereocenters. The molecular formula is C18H12F4N2O3S.